The Morgan fingerprint density at radius 3 is 2.07 bits per heavy atom. The van der Waals surface area contributed by atoms with Gasteiger partial charge in [0.2, 0.25) is 11.8 Å². The third-order valence-electron chi connectivity index (χ3n) is 8.30. The number of aryl methyl sites for hydroxylation is 1. The van der Waals surface area contributed by atoms with E-state index in [1.54, 1.807) is 4.90 Å². The number of carbonyl (C=O) groups excluding carboxylic acids is 2. The zero-order valence-electron chi connectivity index (χ0n) is 23.0. The van der Waals surface area contributed by atoms with Crippen LogP contribution in [0, 0.1) is 0 Å². The zero-order valence-corrected chi connectivity index (χ0v) is 23.8. The number of hydrogen-bond donors (Lipinski definition) is 3. The standard InChI is InChI=1S/C33H35N5O2S/c34-32-37-27-19-18-26(21-29(27)41-32)36-31(40)28-17-10-20-38(28)30(39)22-35-33(23-11-4-1-5-12-23,24-13-6-2-7-14-24)25-15-8-3-9-16-25/h1-9,11-16,26,28,35H,10,17-22H2,(H2,34,37)(H,36,40). The highest BCUT2D eigenvalue weighted by Crippen LogP contribution is 2.37. The van der Waals surface area contributed by atoms with Gasteiger partial charge in [0.05, 0.1) is 17.8 Å². The average molecular weight is 566 g/mol. The van der Waals surface area contributed by atoms with Gasteiger partial charge < -0.3 is 16.0 Å². The van der Waals surface area contributed by atoms with Crippen LogP contribution in [0.2, 0.25) is 0 Å². The van der Waals surface area contributed by atoms with E-state index in [1.807, 2.05) is 54.6 Å². The van der Waals surface area contributed by atoms with Crippen molar-refractivity contribution in [1.29, 1.82) is 0 Å². The van der Waals surface area contributed by atoms with Gasteiger partial charge in [0.25, 0.3) is 0 Å². The zero-order chi connectivity index (χ0) is 28.2. The monoisotopic (exact) mass is 565 g/mol. The largest absolute Gasteiger partial charge is 0.375 e. The molecule has 2 amide bonds. The molecule has 4 aromatic rings. The molecule has 41 heavy (non-hydrogen) atoms. The molecule has 1 aliphatic heterocycles. The van der Waals surface area contributed by atoms with Gasteiger partial charge in [-0.3, -0.25) is 14.9 Å². The molecule has 8 heteroatoms. The van der Waals surface area contributed by atoms with E-state index in [-0.39, 0.29) is 24.4 Å². The normalized spacial score (nSPS) is 18.6. The van der Waals surface area contributed by atoms with Gasteiger partial charge in [0.1, 0.15) is 6.04 Å². The highest BCUT2D eigenvalue weighted by atomic mass is 32.1. The number of nitrogens with two attached hydrogens (primary N) is 1. The van der Waals surface area contributed by atoms with Gasteiger partial charge in [-0.25, -0.2) is 4.98 Å². The number of carbonyl (C=O) groups is 2. The summed E-state index contributed by atoms with van der Waals surface area (Å²) >= 11 is 1.50. The molecule has 0 radical (unpaired) electrons. The van der Waals surface area contributed by atoms with Gasteiger partial charge in [-0.1, -0.05) is 91.0 Å². The first-order chi connectivity index (χ1) is 20.0. The van der Waals surface area contributed by atoms with Crippen molar-refractivity contribution in [3.05, 3.63) is 118 Å². The van der Waals surface area contributed by atoms with Crippen LogP contribution >= 0.6 is 11.3 Å². The maximum atomic E-state index is 13.8. The summed E-state index contributed by atoms with van der Waals surface area (Å²) in [6.07, 6.45) is 3.87. The third-order valence-corrected chi connectivity index (χ3v) is 9.25. The predicted octanol–water partition coefficient (Wildman–Crippen LogP) is 4.27. The van der Waals surface area contributed by atoms with Crippen molar-refractivity contribution in [2.24, 2.45) is 0 Å². The number of benzene rings is 3. The molecule has 4 N–H and O–H groups in total. The van der Waals surface area contributed by atoms with Crippen LogP contribution in [0.4, 0.5) is 5.13 Å². The molecule has 3 aromatic carbocycles. The van der Waals surface area contributed by atoms with Gasteiger partial charge in [0.15, 0.2) is 5.13 Å². The smallest absolute Gasteiger partial charge is 0.243 e. The van der Waals surface area contributed by atoms with Gasteiger partial charge >= 0.3 is 0 Å². The van der Waals surface area contributed by atoms with Crippen LogP contribution in [-0.2, 0) is 28.0 Å². The van der Waals surface area contributed by atoms with Gasteiger partial charge in [0, 0.05) is 23.9 Å². The van der Waals surface area contributed by atoms with Crippen molar-refractivity contribution < 1.29 is 9.59 Å². The molecule has 1 aromatic heterocycles. The van der Waals surface area contributed by atoms with Crippen molar-refractivity contribution in [3.63, 3.8) is 0 Å². The Morgan fingerprint density at radius 2 is 1.49 bits per heavy atom. The van der Waals surface area contributed by atoms with Crippen LogP contribution < -0.4 is 16.4 Å². The Balaban J connectivity index is 1.22. The summed E-state index contributed by atoms with van der Waals surface area (Å²) in [5.74, 6) is -0.141. The molecule has 0 saturated carbocycles. The molecule has 2 aliphatic rings. The molecule has 0 bridgehead atoms. The summed E-state index contributed by atoms with van der Waals surface area (Å²) in [6, 6.07) is 30.3. The molecular weight excluding hydrogens is 530 g/mol. The van der Waals surface area contributed by atoms with Gasteiger partial charge in [-0.2, -0.15) is 0 Å². The molecule has 1 aliphatic carbocycles. The number of nitrogens with one attached hydrogen (secondary N) is 2. The van der Waals surface area contributed by atoms with Crippen molar-refractivity contribution in [3.8, 4) is 0 Å². The first kappa shape index (κ1) is 27.2. The van der Waals surface area contributed by atoms with Crippen molar-refractivity contribution in [2.75, 3.05) is 18.8 Å². The van der Waals surface area contributed by atoms with E-state index in [1.165, 1.54) is 11.3 Å². The molecule has 210 valence electrons. The molecule has 2 unspecified atom stereocenters. The summed E-state index contributed by atoms with van der Waals surface area (Å²) in [6.45, 7) is 0.670. The first-order valence-corrected chi connectivity index (χ1v) is 15.1. The van der Waals surface area contributed by atoms with Crippen LogP contribution in [0.1, 0.15) is 46.5 Å². The number of likely N-dealkylation sites (tertiary alicyclic amines) is 1. The lowest BCUT2D eigenvalue weighted by Gasteiger charge is -2.37. The number of nitrogen functional groups attached to an aromatic ring is 1. The maximum absolute atomic E-state index is 13.8. The topological polar surface area (TPSA) is 100 Å². The van der Waals surface area contributed by atoms with E-state index in [0.29, 0.717) is 18.1 Å². The van der Waals surface area contributed by atoms with E-state index in [2.05, 4.69) is 52.0 Å². The highest BCUT2D eigenvalue weighted by molar-refractivity contribution is 7.15. The second-order valence-electron chi connectivity index (χ2n) is 10.8. The number of hydrogen-bond acceptors (Lipinski definition) is 6. The summed E-state index contributed by atoms with van der Waals surface area (Å²) in [5, 5.41) is 7.49. The average Bonchev–Trinajstić information content (AvgIpc) is 3.65. The van der Waals surface area contributed by atoms with Gasteiger partial charge in [-0.15, -0.1) is 11.3 Å². The number of amides is 2. The lowest BCUT2D eigenvalue weighted by Crippen LogP contribution is -2.53. The summed E-state index contributed by atoms with van der Waals surface area (Å²) < 4.78 is 0. The summed E-state index contributed by atoms with van der Waals surface area (Å²) in [4.78, 5) is 34.6. The van der Waals surface area contributed by atoms with Crippen LogP contribution in [-0.4, -0.2) is 46.9 Å². The van der Waals surface area contributed by atoms with E-state index >= 15 is 0 Å². The lowest BCUT2D eigenvalue weighted by molar-refractivity contribution is -0.138. The third kappa shape index (κ3) is 5.49. The molecule has 7 nitrogen and oxygen atoms in total. The molecule has 6 rings (SSSR count). The Labute approximate surface area is 244 Å². The fourth-order valence-corrected chi connectivity index (χ4v) is 7.29. The van der Waals surface area contributed by atoms with E-state index in [0.717, 1.165) is 52.9 Å². The maximum Gasteiger partial charge on any atom is 0.243 e. The Kier molecular flexibility index (Phi) is 7.85. The Hall–Kier alpha value is -4.01. The van der Waals surface area contributed by atoms with Crippen molar-refractivity contribution >= 4 is 28.3 Å². The van der Waals surface area contributed by atoms with E-state index in [4.69, 9.17) is 5.73 Å². The molecule has 1 fully saturated rings. The number of fused-ring (bicyclic) bond motifs is 1. The van der Waals surface area contributed by atoms with Crippen LogP contribution in [0.5, 0.6) is 0 Å². The molecular formula is C33H35N5O2S. The van der Waals surface area contributed by atoms with Crippen LogP contribution in [0.3, 0.4) is 0 Å². The fourth-order valence-electron chi connectivity index (χ4n) is 6.33. The number of aromatic nitrogens is 1. The fraction of sp³-hybridized carbons (Fsp3) is 0.303. The molecule has 1 saturated heterocycles. The van der Waals surface area contributed by atoms with Crippen molar-refractivity contribution in [1.82, 2.24) is 20.5 Å². The van der Waals surface area contributed by atoms with Gasteiger partial charge in [-0.05, 0) is 42.4 Å². The SMILES string of the molecule is Nc1nc2c(s1)CC(NC(=O)C1CCCN1C(=O)CNC(c1ccccc1)(c1ccccc1)c1ccccc1)CC2. The Bertz CT molecular complexity index is 1400. The Morgan fingerprint density at radius 1 is 0.902 bits per heavy atom. The predicted molar refractivity (Wildman–Crippen MR) is 162 cm³/mol. The second-order valence-corrected chi connectivity index (χ2v) is 11.9. The lowest BCUT2D eigenvalue weighted by atomic mass is 9.77. The van der Waals surface area contributed by atoms with Crippen LogP contribution in [0.25, 0.3) is 0 Å². The number of anilines is 1. The number of thiazole rings is 1. The van der Waals surface area contributed by atoms with E-state index < -0.39 is 11.6 Å². The highest BCUT2D eigenvalue weighted by Gasteiger charge is 2.39. The minimum atomic E-state index is -0.743. The van der Waals surface area contributed by atoms with E-state index in [9.17, 15) is 9.59 Å². The van der Waals surface area contributed by atoms with Crippen molar-refractivity contribution in [2.45, 2.75) is 49.7 Å². The number of nitrogens with zero attached hydrogens (tertiary/aromatic N) is 2. The second kappa shape index (κ2) is 11.8. The van der Waals surface area contributed by atoms with Crippen LogP contribution in [0.15, 0.2) is 91.0 Å². The minimum Gasteiger partial charge on any atom is -0.375 e. The first-order valence-electron chi connectivity index (χ1n) is 14.3. The summed E-state index contributed by atoms with van der Waals surface area (Å²) in [5.41, 5.74) is 9.34. The quantitative estimate of drug-likeness (QED) is 0.277. The summed E-state index contributed by atoms with van der Waals surface area (Å²) in [7, 11) is 0. The molecule has 2 heterocycles. The molecule has 0 spiro atoms. The minimum absolute atomic E-state index is 0.0346. The number of rotatable bonds is 8. The molecule has 2 atom stereocenters.